The predicted molar refractivity (Wildman–Crippen MR) is 88.3 cm³/mol. The van der Waals surface area contributed by atoms with Crippen molar-refractivity contribution in [2.75, 3.05) is 6.54 Å². The lowest BCUT2D eigenvalue weighted by molar-refractivity contribution is 0.556. The van der Waals surface area contributed by atoms with E-state index in [4.69, 9.17) is 11.6 Å². The fraction of sp³-hybridized carbons (Fsp3) is 0.333. The number of thiophene rings is 1. The van der Waals surface area contributed by atoms with Crippen LogP contribution in [-0.4, -0.2) is 6.54 Å². The first-order valence-electron chi connectivity index (χ1n) is 6.34. The molecule has 1 atom stereocenters. The highest BCUT2D eigenvalue weighted by molar-refractivity contribution is 9.10. The molecule has 0 saturated carbocycles. The Morgan fingerprint density at radius 1 is 1.37 bits per heavy atom. The van der Waals surface area contributed by atoms with Crippen molar-refractivity contribution in [3.8, 4) is 0 Å². The number of aryl methyl sites for hydroxylation is 1. The molecule has 2 rings (SSSR count). The van der Waals surface area contributed by atoms with Gasteiger partial charge in [-0.15, -0.1) is 11.3 Å². The van der Waals surface area contributed by atoms with E-state index in [0.29, 0.717) is 6.04 Å². The molecular formula is C15H17BrClNS. The van der Waals surface area contributed by atoms with Crippen molar-refractivity contribution in [2.45, 2.75) is 26.3 Å². The average molecular weight is 359 g/mol. The third-order valence-electron chi connectivity index (χ3n) is 2.99. The fourth-order valence-electron chi connectivity index (χ4n) is 2.13. The highest BCUT2D eigenvalue weighted by atomic mass is 79.9. The molecule has 0 radical (unpaired) electrons. The standard InChI is InChI=1S/C15H17BrClNS/c1-3-18-14(15-12(16)8-10(2)19-15)9-11-6-4-5-7-13(11)17/h4-8,14,18H,3,9H2,1-2H3. The van der Waals surface area contributed by atoms with Gasteiger partial charge in [0.1, 0.15) is 0 Å². The molecule has 2 aromatic rings. The molecule has 1 heterocycles. The summed E-state index contributed by atoms with van der Waals surface area (Å²) in [7, 11) is 0. The second kappa shape index (κ2) is 6.89. The minimum absolute atomic E-state index is 0.304. The summed E-state index contributed by atoms with van der Waals surface area (Å²) in [5, 5.41) is 4.39. The molecule has 1 N–H and O–H groups in total. The van der Waals surface area contributed by atoms with E-state index in [2.05, 4.69) is 47.2 Å². The molecular weight excluding hydrogens is 342 g/mol. The summed E-state index contributed by atoms with van der Waals surface area (Å²) >= 11 is 11.8. The van der Waals surface area contributed by atoms with Gasteiger partial charge in [-0.1, -0.05) is 36.7 Å². The smallest absolute Gasteiger partial charge is 0.0467 e. The first-order chi connectivity index (χ1) is 9.11. The van der Waals surface area contributed by atoms with Gasteiger partial charge in [-0.25, -0.2) is 0 Å². The van der Waals surface area contributed by atoms with E-state index in [1.807, 2.05) is 29.5 Å². The minimum atomic E-state index is 0.304. The fourth-order valence-corrected chi connectivity index (χ4v) is 4.34. The molecule has 102 valence electrons. The second-order valence-electron chi connectivity index (χ2n) is 4.48. The lowest BCUT2D eigenvalue weighted by Crippen LogP contribution is -2.22. The summed E-state index contributed by atoms with van der Waals surface area (Å²) in [5.74, 6) is 0. The van der Waals surface area contributed by atoms with Gasteiger partial charge in [0.15, 0.2) is 0 Å². The van der Waals surface area contributed by atoms with Crippen molar-refractivity contribution in [2.24, 2.45) is 0 Å². The van der Waals surface area contributed by atoms with Crippen molar-refractivity contribution in [1.82, 2.24) is 5.32 Å². The summed E-state index contributed by atoms with van der Waals surface area (Å²) < 4.78 is 1.19. The van der Waals surface area contributed by atoms with E-state index in [1.165, 1.54) is 19.8 Å². The molecule has 0 aliphatic heterocycles. The Bertz CT molecular complexity index is 553. The number of benzene rings is 1. The highest BCUT2D eigenvalue weighted by Gasteiger charge is 2.17. The SMILES string of the molecule is CCNC(Cc1ccccc1Cl)c1sc(C)cc1Br. The van der Waals surface area contributed by atoms with E-state index in [0.717, 1.165) is 18.0 Å². The van der Waals surface area contributed by atoms with Gasteiger partial charge in [-0.05, 0) is 53.5 Å². The molecule has 1 nitrogen and oxygen atoms in total. The van der Waals surface area contributed by atoms with Crippen LogP contribution < -0.4 is 5.32 Å². The number of hydrogen-bond acceptors (Lipinski definition) is 2. The minimum Gasteiger partial charge on any atom is -0.309 e. The zero-order valence-corrected chi connectivity index (χ0v) is 14.2. The van der Waals surface area contributed by atoms with E-state index < -0.39 is 0 Å². The van der Waals surface area contributed by atoms with Gasteiger partial charge in [0.05, 0.1) is 0 Å². The Hall–Kier alpha value is -0.350. The van der Waals surface area contributed by atoms with Crippen LogP contribution in [0.15, 0.2) is 34.8 Å². The van der Waals surface area contributed by atoms with Crippen LogP contribution in [0, 0.1) is 6.92 Å². The Labute approximate surface area is 132 Å². The van der Waals surface area contributed by atoms with E-state index in [9.17, 15) is 0 Å². The summed E-state index contributed by atoms with van der Waals surface area (Å²) in [6, 6.07) is 10.5. The zero-order valence-electron chi connectivity index (χ0n) is 11.0. The van der Waals surface area contributed by atoms with Crippen molar-refractivity contribution in [3.63, 3.8) is 0 Å². The summed E-state index contributed by atoms with van der Waals surface area (Å²) in [5.41, 5.74) is 1.19. The van der Waals surface area contributed by atoms with Crippen LogP contribution in [0.1, 0.15) is 28.3 Å². The Balaban J connectivity index is 2.26. The molecule has 0 saturated heterocycles. The number of likely N-dealkylation sites (N-methyl/N-ethyl adjacent to an activating group) is 1. The van der Waals surface area contributed by atoms with E-state index in [-0.39, 0.29) is 0 Å². The molecule has 1 aromatic heterocycles. The van der Waals surface area contributed by atoms with Gasteiger partial charge in [-0.2, -0.15) is 0 Å². The largest absolute Gasteiger partial charge is 0.309 e. The summed E-state index contributed by atoms with van der Waals surface area (Å²) in [6.45, 7) is 5.21. The predicted octanol–water partition coefficient (Wildman–Crippen LogP) is 5.37. The van der Waals surface area contributed by atoms with E-state index in [1.54, 1.807) is 0 Å². The normalized spacial score (nSPS) is 12.6. The van der Waals surface area contributed by atoms with Crippen molar-refractivity contribution < 1.29 is 0 Å². The van der Waals surface area contributed by atoms with Crippen molar-refractivity contribution in [3.05, 3.63) is 55.1 Å². The maximum atomic E-state index is 6.26. The second-order valence-corrected chi connectivity index (χ2v) is 7.02. The Morgan fingerprint density at radius 2 is 2.11 bits per heavy atom. The van der Waals surface area contributed by atoms with Crippen LogP contribution in [0.4, 0.5) is 0 Å². The number of halogens is 2. The molecule has 1 aromatic carbocycles. The lowest BCUT2D eigenvalue weighted by Gasteiger charge is -2.18. The molecule has 1 unspecified atom stereocenters. The number of nitrogens with one attached hydrogen (secondary N) is 1. The van der Waals surface area contributed by atoms with Gasteiger partial charge >= 0.3 is 0 Å². The monoisotopic (exact) mass is 357 g/mol. The number of rotatable bonds is 5. The molecule has 0 spiro atoms. The van der Waals surface area contributed by atoms with Gasteiger partial charge in [0, 0.05) is 25.3 Å². The molecule has 4 heteroatoms. The summed E-state index contributed by atoms with van der Waals surface area (Å²) in [6.07, 6.45) is 0.909. The lowest BCUT2D eigenvalue weighted by atomic mass is 10.0. The Morgan fingerprint density at radius 3 is 2.68 bits per heavy atom. The van der Waals surface area contributed by atoms with Crippen LogP contribution in [-0.2, 0) is 6.42 Å². The van der Waals surface area contributed by atoms with Gasteiger partial charge < -0.3 is 5.32 Å². The highest BCUT2D eigenvalue weighted by Crippen LogP contribution is 2.34. The first-order valence-corrected chi connectivity index (χ1v) is 8.33. The molecule has 0 bridgehead atoms. The zero-order chi connectivity index (χ0) is 13.8. The van der Waals surface area contributed by atoms with Crippen LogP contribution >= 0.6 is 38.9 Å². The Kier molecular flexibility index (Phi) is 5.46. The van der Waals surface area contributed by atoms with Gasteiger partial charge in [0.2, 0.25) is 0 Å². The van der Waals surface area contributed by atoms with E-state index >= 15 is 0 Å². The maximum absolute atomic E-state index is 6.26. The molecule has 19 heavy (non-hydrogen) atoms. The quantitative estimate of drug-likeness (QED) is 0.758. The third kappa shape index (κ3) is 3.82. The van der Waals surface area contributed by atoms with Gasteiger partial charge in [0.25, 0.3) is 0 Å². The van der Waals surface area contributed by atoms with Crippen molar-refractivity contribution in [1.29, 1.82) is 0 Å². The molecule has 0 aliphatic rings. The molecule has 0 aliphatic carbocycles. The first kappa shape index (κ1) is 15.0. The van der Waals surface area contributed by atoms with Crippen LogP contribution in [0.2, 0.25) is 5.02 Å². The molecule has 0 amide bonds. The third-order valence-corrected chi connectivity index (χ3v) is 5.44. The number of hydrogen-bond donors (Lipinski definition) is 1. The summed E-state index contributed by atoms with van der Waals surface area (Å²) in [4.78, 5) is 2.67. The van der Waals surface area contributed by atoms with Crippen LogP contribution in [0.25, 0.3) is 0 Å². The maximum Gasteiger partial charge on any atom is 0.0467 e. The van der Waals surface area contributed by atoms with Crippen LogP contribution in [0.3, 0.4) is 0 Å². The van der Waals surface area contributed by atoms with Gasteiger partial charge in [-0.3, -0.25) is 0 Å². The topological polar surface area (TPSA) is 12.0 Å². The molecule has 0 fully saturated rings. The van der Waals surface area contributed by atoms with Crippen LogP contribution in [0.5, 0.6) is 0 Å². The van der Waals surface area contributed by atoms with Crippen molar-refractivity contribution >= 4 is 38.9 Å². The average Bonchev–Trinajstić information content (AvgIpc) is 2.70.